The quantitative estimate of drug-likeness (QED) is 0.753. The molecule has 0 spiro atoms. The third-order valence-electron chi connectivity index (χ3n) is 2.26. The van der Waals surface area contributed by atoms with Crippen LogP contribution in [-0.2, 0) is 16.2 Å². The molecular formula is C11H13ClN2O2. The van der Waals surface area contributed by atoms with Gasteiger partial charge in [0, 0.05) is 7.11 Å². The van der Waals surface area contributed by atoms with E-state index in [0.29, 0.717) is 25.2 Å². The highest BCUT2D eigenvalue weighted by Crippen LogP contribution is 2.19. The monoisotopic (exact) mass is 240 g/mol. The van der Waals surface area contributed by atoms with Crippen molar-refractivity contribution in [1.82, 2.24) is 9.55 Å². The number of halogens is 1. The summed E-state index contributed by atoms with van der Waals surface area (Å²) in [6, 6.07) is 7.77. The van der Waals surface area contributed by atoms with Gasteiger partial charge in [-0.1, -0.05) is 12.1 Å². The van der Waals surface area contributed by atoms with Gasteiger partial charge >= 0.3 is 0 Å². The van der Waals surface area contributed by atoms with Crippen molar-refractivity contribution in [2.75, 3.05) is 20.3 Å². The molecule has 1 aromatic carbocycles. The molecule has 16 heavy (non-hydrogen) atoms. The van der Waals surface area contributed by atoms with Crippen LogP contribution in [0.5, 0.6) is 0 Å². The third kappa shape index (κ3) is 2.35. The zero-order valence-corrected chi connectivity index (χ0v) is 9.78. The van der Waals surface area contributed by atoms with Gasteiger partial charge in [0.05, 0.1) is 24.2 Å². The van der Waals surface area contributed by atoms with E-state index in [2.05, 4.69) is 4.98 Å². The van der Waals surface area contributed by atoms with Gasteiger partial charge in [0.25, 0.3) is 0 Å². The van der Waals surface area contributed by atoms with E-state index in [4.69, 9.17) is 21.1 Å². The van der Waals surface area contributed by atoms with E-state index in [1.807, 2.05) is 28.8 Å². The zero-order valence-electron chi connectivity index (χ0n) is 9.02. The van der Waals surface area contributed by atoms with E-state index >= 15 is 0 Å². The molecule has 0 aliphatic heterocycles. The molecular weight excluding hydrogens is 228 g/mol. The molecule has 1 heterocycles. The van der Waals surface area contributed by atoms with Crippen LogP contribution in [0.1, 0.15) is 0 Å². The fourth-order valence-electron chi connectivity index (χ4n) is 1.47. The first kappa shape index (κ1) is 11.4. The second-order valence-electron chi connectivity index (χ2n) is 3.33. The molecule has 0 amide bonds. The number of hydrogen-bond donors (Lipinski definition) is 0. The van der Waals surface area contributed by atoms with Crippen LogP contribution in [0, 0.1) is 0 Å². The Bertz CT molecular complexity index is 470. The number of imidazole rings is 1. The van der Waals surface area contributed by atoms with Crippen LogP contribution in [0.25, 0.3) is 11.0 Å². The fraction of sp³-hybridized carbons (Fsp3) is 0.364. The molecule has 0 radical (unpaired) electrons. The van der Waals surface area contributed by atoms with Crippen molar-refractivity contribution >= 4 is 22.6 Å². The molecule has 0 saturated carbocycles. The lowest BCUT2D eigenvalue weighted by molar-refractivity contribution is 0.0359. The summed E-state index contributed by atoms with van der Waals surface area (Å²) in [6.45, 7) is 1.51. The highest BCUT2D eigenvalue weighted by Gasteiger charge is 2.07. The van der Waals surface area contributed by atoms with Crippen molar-refractivity contribution < 1.29 is 9.47 Å². The Morgan fingerprint density at radius 1 is 1.31 bits per heavy atom. The fourth-order valence-corrected chi connectivity index (χ4v) is 1.70. The molecule has 0 saturated heterocycles. The second kappa shape index (κ2) is 5.30. The van der Waals surface area contributed by atoms with Crippen LogP contribution in [0.2, 0.25) is 5.28 Å². The summed E-state index contributed by atoms with van der Waals surface area (Å²) < 4.78 is 12.1. The Hall–Kier alpha value is -1.10. The minimum absolute atomic E-state index is 0.392. The number of nitrogens with zero attached hydrogens (tertiary/aromatic N) is 2. The van der Waals surface area contributed by atoms with Crippen molar-refractivity contribution in [3.05, 3.63) is 29.5 Å². The number of rotatable bonds is 5. The molecule has 0 aliphatic carbocycles. The van der Waals surface area contributed by atoms with Crippen LogP contribution < -0.4 is 0 Å². The van der Waals surface area contributed by atoms with Crippen LogP contribution in [0.4, 0.5) is 0 Å². The van der Waals surface area contributed by atoms with E-state index in [1.165, 1.54) is 0 Å². The number of ether oxygens (including phenoxy) is 2. The SMILES string of the molecule is COCCOCn1c(Cl)nc2ccccc21. The minimum Gasteiger partial charge on any atom is -0.382 e. The van der Waals surface area contributed by atoms with Crippen molar-refractivity contribution in [3.63, 3.8) is 0 Å². The average Bonchev–Trinajstić information content (AvgIpc) is 2.61. The van der Waals surface area contributed by atoms with Gasteiger partial charge in [0.1, 0.15) is 6.73 Å². The standard InChI is InChI=1S/C11H13ClN2O2/c1-15-6-7-16-8-14-10-5-3-2-4-9(10)13-11(14)12/h2-5H,6-8H2,1H3. The summed E-state index contributed by atoms with van der Waals surface area (Å²) in [5, 5.41) is 0.443. The van der Waals surface area contributed by atoms with Gasteiger partial charge in [-0.25, -0.2) is 4.98 Å². The van der Waals surface area contributed by atoms with Gasteiger partial charge in [-0.2, -0.15) is 0 Å². The molecule has 0 unspecified atom stereocenters. The van der Waals surface area contributed by atoms with E-state index in [0.717, 1.165) is 11.0 Å². The molecule has 2 rings (SSSR count). The lowest BCUT2D eigenvalue weighted by Crippen LogP contribution is -2.07. The van der Waals surface area contributed by atoms with E-state index < -0.39 is 0 Å². The number of benzene rings is 1. The van der Waals surface area contributed by atoms with Crippen molar-refractivity contribution in [2.45, 2.75) is 6.73 Å². The smallest absolute Gasteiger partial charge is 0.205 e. The maximum absolute atomic E-state index is 6.02. The highest BCUT2D eigenvalue weighted by atomic mass is 35.5. The lowest BCUT2D eigenvalue weighted by Gasteiger charge is -2.06. The second-order valence-corrected chi connectivity index (χ2v) is 3.67. The Morgan fingerprint density at radius 3 is 2.94 bits per heavy atom. The molecule has 5 heteroatoms. The van der Waals surface area contributed by atoms with Gasteiger partial charge in [0.2, 0.25) is 5.28 Å². The van der Waals surface area contributed by atoms with Crippen LogP contribution in [-0.4, -0.2) is 29.9 Å². The third-order valence-corrected chi connectivity index (χ3v) is 2.55. The topological polar surface area (TPSA) is 36.3 Å². The minimum atomic E-state index is 0.392. The van der Waals surface area contributed by atoms with Gasteiger partial charge < -0.3 is 9.47 Å². The zero-order chi connectivity index (χ0) is 11.4. The van der Waals surface area contributed by atoms with Gasteiger partial charge in [-0.15, -0.1) is 0 Å². The van der Waals surface area contributed by atoms with E-state index in [-0.39, 0.29) is 0 Å². The van der Waals surface area contributed by atoms with Crippen molar-refractivity contribution in [2.24, 2.45) is 0 Å². The highest BCUT2D eigenvalue weighted by molar-refractivity contribution is 6.29. The largest absolute Gasteiger partial charge is 0.382 e. The Kier molecular flexibility index (Phi) is 3.77. The number of aromatic nitrogens is 2. The summed E-state index contributed by atoms with van der Waals surface area (Å²) in [5.74, 6) is 0. The van der Waals surface area contributed by atoms with Crippen LogP contribution >= 0.6 is 11.6 Å². The lowest BCUT2D eigenvalue weighted by atomic mass is 10.3. The van der Waals surface area contributed by atoms with Crippen LogP contribution in [0.3, 0.4) is 0 Å². The van der Waals surface area contributed by atoms with Gasteiger partial charge in [-0.3, -0.25) is 4.57 Å². The number of hydrogen-bond acceptors (Lipinski definition) is 3. The summed E-state index contributed by atoms with van der Waals surface area (Å²) in [7, 11) is 1.64. The Morgan fingerprint density at radius 2 is 2.12 bits per heavy atom. The molecule has 0 aliphatic rings. The molecule has 86 valence electrons. The van der Waals surface area contributed by atoms with E-state index in [9.17, 15) is 0 Å². The van der Waals surface area contributed by atoms with Crippen LogP contribution in [0.15, 0.2) is 24.3 Å². The first-order valence-electron chi connectivity index (χ1n) is 5.00. The maximum atomic E-state index is 6.02. The first-order valence-corrected chi connectivity index (χ1v) is 5.38. The maximum Gasteiger partial charge on any atom is 0.205 e. The van der Waals surface area contributed by atoms with Crippen molar-refractivity contribution in [1.29, 1.82) is 0 Å². The molecule has 2 aromatic rings. The summed E-state index contributed by atoms with van der Waals surface area (Å²) in [4.78, 5) is 4.23. The summed E-state index contributed by atoms with van der Waals surface area (Å²) >= 11 is 6.02. The average molecular weight is 241 g/mol. The molecule has 0 atom stereocenters. The predicted octanol–water partition coefficient (Wildman–Crippen LogP) is 2.31. The normalized spacial score (nSPS) is 11.1. The van der Waals surface area contributed by atoms with Gasteiger partial charge in [-0.05, 0) is 23.7 Å². The Labute approximate surface area is 98.7 Å². The van der Waals surface area contributed by atoms with E-state index in [1.54, 1.807) is 7.11 Å². The van der Waals surface area contributed by atoms with Crippen molar-refractivity contribution in [3.8, 4) is 0 Å². The predicted molar refractivity (Wildman–Crippen MR) is 62.6 cm³/mol. The van der Waals surface area contributed by atoms with Gasteiger partial charge in [0.15, 0.2) is 0 Å². The molecule has 0 fully saturated rings. The number of para-hydroxylation sites is 2. The molecule has 0 bridgehead atoms. The number of fused-ring (bicyclic) bond motifs is 1. The molecule has 1 aromatic heterocycles. The summed E-state index contributed by atoms with van der Waals surface area (Å²) in [5.41, 5.74) is 1.85. The Balaban J connectivity index is 2.13. The summed E-state index contributed by atoms with van der Waals surface area (Å²) in [6.07, 6.45) is 0. The molecule has 4 nitrogen and oxygen atoms in total. The molecule has 0 N–H and O–H groups in total. The first-order chi connectivity index (χ1) is 7.83. The number of methoxy groups -OCH3 is 1.